The van der Waals surface area contributed by atoms with Crippen LogP contribution in [0.2, 0.25) is 0 Å². The van der Waals surface area contributed by atoms with Gasteiger partial charge in [-0.2, -0.15) is 0 Å². The van der Waals surface area contributed by atoms with Crippen LogP contribution in [-0.2, 0) is 16.1 Å². The van der Waals surface area contributed by atoms with E-state index in [1.54, 1.807) is 12.4 Å². The Morgan fingerprint density at radius 1 is 1.50 bits per heavy atom. The lowest BCUT2D eigenvalue weighted by atomic mass is 10.2. The molecule has 2 aromatic heterocycles. The first-order valence-corrected chi connectivity index (χ1v) is 6.46. The van der Waals surface area contributed by atoms with E-state index in [0.717, 1.165) is 15.4 Å². The summed E-state index contributed by atoms with van der Waals surface area (Å²) in [5.41, 5.74) is 0.501. The quantitative estimate of drug-likeness (QED) is 0.800. The van der Waals surface area contributed by atoms with Gasteiger partial charge in [0.1, 0.15) is 12.1 Å². The third-order valence-corrected chi connectivity index (χ3v) is 2.99. The maximum absolute atomic E-state index is 11.8. The molecule has 0 bridgehead atoms. The van der Waals surface area contributed by atoms with E-state index in [9.17, 15) is 4.79 Å². The number of aromatic nitrogens is 2. The number of halogens is 1. The molecule has 2 heterocycles. The second-order valence-corrected chi connectivity index (χ2v) is 5.94. The number of fused-ring (bicyclic) bond motifs is 1. The molecule has 4 nitrogen and oxygen atoms in total. The van der Waals surface area contributed by atoms with Crippen LogP contribution in [0.5, 0.6) is 0 Å². The van der Waals surface area contributed by atoms with E-state index in [1.165, 1.54) is 0 Å². The molecule has 0 aliphatic heterocycles. The molecule has 0 aromatic carbocycles. The highest BCUT2D eigenvalue weighted by Gasteiger charge is 2.17. The Morgan fingerprint density at radius 2 is 2.22 bits per heavy atom. The maximum Gasteiger partial charge on any atom is 0.326 e. The van der Waals surface area contributed by atoms with Gasteiger partial charge in [-0.05, 0) is 42.8 Å². The number of rotatable bonds is 2. The highest BCUT2D eigenvalue weighted by molar-refractivity contribution is 9.10. The second-order valence-electron chi connectivity index (χ2n) is 5.08. The van der Waals surface area contributed by atoms with Crippen LogP contribution in [0.25, 0.3) is 10.9 Å². The molecule has 0 radical (unpaired) electrons. The summed E-state index contributed by atoms with van der Waals surface area (Å²) in [4.78, 5) is 15.9. The van der Waals surface area contributed by atoms with Gasteiger partial charge in [-0.25, -0.2) is 0 Å². The van der Waals surface area contributed by atoms with Crippen molar-refractivity contribution < 1.29 is 9.53 Å². The first-order chi connectivity index (χ1) is 8.37. The summed E-state index contributed by atoms with van der Waals surface area (Å²) >= 11 is 3.46. The summed E-state index contributed by atoms with van der Waals surface area (Å²) in [6.45, 7) is 5.78. The fourth-order valence-electron chi connectivity index (χ4n) is 1.74. The van der Waals surface area contributed by atoms with E-state index in [-0.39, 0.29) is 12.5 Å². The number of pyridine rings is 1. The molecule has 0 atom stereocenters. The first kappa shape index (κ1) is 13.1. The fraction of sp³-hybridized carbons (Fsp3) is 0.385. The van der Waals surface area contributed by atoms with Crippen LogP contribution >= 0.6 is 15.9 Å². The third kappa shape index (κ3) is 2.90. The zero-order valence-electron chi connectivity index (χ0n) is 10.6. The highest BCUT2D eigenvalue weighted by Crippen LogP contribution is 2.25. The van der Waals surface area contributed by atoms with Gasteiger partial charge in [0.2, 0.25) is 0 Å². The van der Waals surface area contributed by atoms with Crippen molar-refractivity contribution >= 4 is 32.8 Å². The van der Waals surface area contributed by atoms with Crippen LogP contribution in [0.3, 0.4) is 0 Å². The normalized spacial score (nSPS) is 11.8. The second kappa shape index (κ2) is 4.72. The standard InChI is InChI=1S/C13H15BrN2O2/c1-13(2,3)18-12(17)8-16-7-10(14)9-6-15-5-4-11(9)16/h4-7H,8H2,1-3H3. The highest BCUT2D eigenvalue weighted by atomic mass is 79.9. The summed E-state index contributed by atoms with van der Waals surface area (Å²) in [7, 11) is 0. The Hall–Kier alpha value is -1.36. The molecular weight excluding hydrogens is 296 g/mol. The van der Waals surface area contributed by atoms with Gasteiger partial charge in [-0.3, -0.25) is 9.78 Å². The summed E-state index contributed by atoms with van der Waals surface area (Å²) in [5.74, 6) is -0.247. The first-order valence-electron chi connectivity index (χ1n) is 5.67. The van der Waals surface area contributed by atoms with Crippen molar-refractivity contribution in [3.8, 4) is 0 Å². The minimum atomic E-state index is -0.459. The number of carbonyl (C=O) groups is 1. The third-order valence-electron chi connectivity index (χ3n) is 2.35. The summed E-state index contributed by atoms with van der Waals surface area (Å²) in [6, 6.07) is 1.88. The molecule has 2 rings (SSSR count). The molecule has 2 aromatic rings. The van der Waals surface area contributed by atoms with E-state index < -0.39 is 5.60 Å². The topological polar surface area (TPSA) is 44.1 Å². The van der Waals surface area contributed by atoms with Gasteiger partial charge in [-0.15, -0.1) is 0 Å². The van der Waals surface area contributed by atoms with Gasteiger partial charge in [0.05, 0.1) is 5.52 Å². The monoisotopic (exact) mass is 310 g/mol. The Bertz CT molecular complexity index is 584. The lowest BCUT2D eigenvalue weighted by molar-refractivity contribution is -0.155. The Morgan fingerprint density at radius 3 is 2.89 bits per heavy atom. The largest absolute Gasteiger partial charge is 0.459 e. The fourth-order valence-corrected chi connectivity index (χ4v) is 2.29. The number of hydrogen-bond acceptors (Lipinski definition) is 3. The number of ether oxygens (including phenoxy) is 1. The van der Waals surface area contributed by atoms with E-state index in [0.29, 0.717) is 0 Å². The number of esters is 1. The van der Waals surface area contributed by atoms with Gasteiger partial charge in [0.15, 0.2) is 0 Å². The molecule has 18 heavy (non-hydrogen) atoms. The van der Waals surface area contributed by atoms with Crippen LogP contribution in [0.15, 0.2) is 29.1 Å². The predicted molar refractivity (Wildman–Crippen MR) is 73.3 cm³/mol. The smallest absolute Gasteiger partial charge is 0.326 e. The van der Waals surface area contributed by atoms with Crippen molar-refractivity contribution in [2.45, 2.75) is 32.9 Å². The minimum Gasteiger partial charge on any atom is -0.459 e. The lowest BCUT2D eigenvalue weighted by Crippen LogP contribution is -2.26. The van der Waals surface area contributed by atoms with Gasteiger partial charge in [0.25, 0.3) is 0 Å². The van der Waals surface area contributed by atoms with Gasteiger partial charge < -0.3 is 9.30 Å². The van der Waals surface area contributed by atoms with Crippen molar-refractivity contribution in [2.24, 2.45) is 0 Å². The molecule has 0 aliphatic carbocycles. The average Bonchev–Trinajstić information content (AvgIpc) is 2.54. The van der Waals surface area contributed by atoms with Crippen LogP contribution in [-0.4, -0.2) is 21.1 Å². The Kier molecular flexibility index (Phi) is 3.43. The van der Waals surface area contributed by atoms with E-state index in [2.05, 4.69) is 20.9 Å². The number of carbonyl (C=O) groups excluding carboxylic acids is 1. The van der Waals surface area contributed by atoms with Crippen molar-refractivity contribution in [1.82, 2.24) is 9.55 Å². The lowest BCUT2D eigenvalue weighted by Gasteiger charge is -2.19. The number of hydrogen-bond donors (Lipinski definition) is 0. The summed E-state index contributed by atoms with van der Waals surface area (Å²) in [6.07, 6.45) is 5.35. The molecule has 96 valence electrons. The molecule has 0 spiro atoms. The summed E-state index contributed by atoms with van der Waals surface area (Å²) in [5, 5.41) is 0.987. The molecule has 5 heteroatoms. The molecule has 0 aliphatic rings. The summed E-state index contributed by atoms with van der Waals surface area (Å²) < 4.78 is 8.09. The van der Waals surface area contributed by atoms with E-state index in [1.807, 2.05) is 37.6 Å². The molecule has 0 N–H and O–H groups in total. The molecule has 0 unspecified atom stereocenters. The predicted octanol–water partition coefficient (Wildman–Crippen LogP) is 3.14. The Labute approximate surface area is 114 Å². The van der Waals surface area contributed by atoms with E-state index >= 15 is 0 Å². The zero-order valence-corrected chi connectivity index (χ0v) is 12.2. The zero-order chi connectivity index (χ0) is 13.3. The SMILES string of the molecule is CC(C)(C)OC(=O)Cn1cc(Br)c2cnccc21. The van der Waals surface area contributed by atoms with Crippen LogP contribution in [0.4, 0.5) is 0 Å². The average molecular weight is 311 g/mol. The van der Waals surface area contributed by atoms with Gasteiger partial charge in [0, 0.05) is 28.4 Å². The maximum atomic E-state index is 11.8. The van der Waals surface area contributed by atoms with Crippen molar-refractivity contribution in [2.75, 3.05) is 0 Å². The Balaban J connectivity index is 2.25. The van der Waals surface area contributed by atoms with Crippen molar-refractivity contribution in [3.05, 3.63) is 29.1 Å². The molecule has 0 saturated heterocycles. The van der Waals surface area contributed by atoms with Crippen LogP contribution in [0, 0.1) is 0 Å². The van der Waals surface area contributed by atoms with Crippen LogP contribution < -0.4 is 0 Å². The minimum absolute atomic E-state index is 0.198. The van der Waals surface area contributed by atoms with Gasteiger partial charge >= 0.3 is 5.97 Å². The number of nitrogens with zero attached hydrogens (tertiary/aromatic N) is 2. The van der Waals surface area contributed by atoms with Crippen LogP contribution in [0.1, 0.15) is 20.8 Å². The van der Waals surface area contributed by atoms with Crippen molar-refractivity contribution in [3.63, 3.8) is 0 Å². The van der Waals surface area contributed by atoms with Crippen molar-refractivity contribution in [1.29, 1.82) is 0 Å². The van der Waals surface area contributed by atoms with Gasteiger partial charge in [-0.1, -0.05) is 0 Å². The molecule has 0 fully saturated rings. The molecule has 0 amide bonds. The molecular formula is C13H15BrN2O2. The molecule has 0 saturated carbocycles. The van der Waals surface area contributed by atoms with E-state index in [4.69, 9.17) is 4.74 Å².